The third kappa shape index (κ3) is 6.52. The molecule has 0 saturated carbocycles. The molecule has 0 unspecified atom stereocenters. The van der Waals surface area contributed by atoms with Gasteiger partial charge >= 0.3 is 0 Å². The number of aryl methyl sites for hydroxylation is 2. The van der Waals surface area contributed by atoms with Crippen molar-refractivity contribution < 1.29 is 13.3 Å². The Morgan fingerprint density at radius 2 is 0.563 bits per heavy atom. The third-order valence-corrected chi connectivity index (χ3v) is 14.7. The van der Waals surface area contributed by atoms with Gasteiger partial charge in [0.2, 0.25) is 0 Å². The lowest BCUT2D eigenvalue weighted by atomic mass is 9.86. The summed E-state index contributed by atoms with van der Waals surface area (Å²) in [5.74, 6) is 0. The summed E-state index contributed by atoms with van der Waals surface area (Å²) in [6, 6.07) is 65.6. The number of hydrogen-bond acceptors (Lipinski definition) is 5. The highest BCUT2D eigenvalue weighted by Gasteiger charge is 2.30. The molecule has 0 spiro atoms. The van der Waals surface area contributed by atoms with Gasteiger partial charge in [0.25, 0.3) is 0 Å². The van der Waals surface area contributed by atoms with Crippen LogP contribution in [0.25, 0.3) is 87.4 Å². The lowest BCUT2D eigenvalue weighted by molar-refractivity contribution is 0.572. The summed E-state index contributed by atoms with van der Waals surface area (Å²) >= 11 is 0. The summed E-state index contributed by atoms with van der Waals surface area (Å²) in [6.45, 7) is 17.9. The van der Waals surface area contributed by atoms with Gasteiger partial charge in [0.15, 0.2) is 11.2 Å². The van der Waals surface area contributed by atoms with E-state index >= 15 is 0 Å². The van der Waals surface area contributed by atoms with Crippen LogP contribution in [0.5, 0.6) is 0 Å². The van der Waals surface area contributed by atoms with Crippen molar-refractivity contribution in [1.29, 1.82) is 0 Å². The number of para-hydroxylation sites is 6. The van der Waals surface area contributed by atoms with E-state index < -0.39 is 0 Å². The largest absolute Gasteiger partial charge is 0.455 e. The zero-order chi connectivity index (χ0) is 48.5. The van der Waals surface area contributed by atoms with Gasteiger partial charge in [-0.3, -0.25) is 0 Å². The molecular weight excluding hydrogens is 869 g/mol. The molecule has 5 heteroatoms. The molecule has 0 amide bonds. The quantitative estimate of drug-likeness (QED) is 0.166. The van der Waals surface area contributed by atoms with E-state index in [0.29, 0.717) is 0 Å². The van der Waals surface area contributed by atoms with Crippen LogP contribution in [-0.2, 0) is 10.8 Å². The number of anilines is 6. The van der Waals surface area contributed by atoms with E-state index in [9.17, 15) is 0 Å². The Kier molecular flexibility index (Phi) is 9.41. The zero-order valence-electron chi connectivity index (χ0n) is 41.4. The van der Waals surface area contributed by atoms with Gasteiger partial charge in [-0.15, -0.1) is 0 Å². The van der Waals surface area contributed by atoms with Crippen LogP contribution in [-0.4, -0.2) is 0 Å². The smallest absolute Gasteiger partial charge is 0.159 e. The fourth-order valence-corrected chi connectivity index (χ4v) is 11.3. The predicted molar refractivity (Wildman–Crippen MR) is 300 cm³/mol. The van der Waals surface area contributed by atoms with Crippen LogP contribution in [0.4, 0.5) is 34.1 Å². The fraction of sp³-hybridized carbons (Fsp3) is 0.152. The second-order valence-electron chi connectivity index (χ2n) is 21.4. The summed E-state index contributed by atoms with van der Waals surface area (Å²) in [5, 5.41) is 10.7. The average Bonchev–Trinajstić information content (AvgIpc) is 4.07. The van der Waals surface area contributed by atoms with Gasteiger partial charge < -0.3 is 23.1 Å². The fourth-order valence-electron chi connectivity index (χ4n) is 11.3. The van der Waals surface area contributed by atoms with Gasteiger partial charge in [0.05, 0.1) is 22.7 Å². The number of furan rings is 3. The minimum atomic E-state index is -0.112. The van der Waals surface area contributed by atoms with Crippen molar-refractivity contribution in [2.75, 3.05) is 9.80 Å². The molecule has 0 aliphatic rings. The van der Waals surface area contributed by atoms with Crippen molar-refractivity contribution in [1.82, 2.24) is 0 Å². The molecule has 3 heterocycles. The van der Waals surface area contributed by atoms with Crippen molar-refractivity contribution in [2.24, 2.45) is 0 Å². The zero-order valence-corrected chi connectivity index (χ0v) is 41.4. The molecular formula is C66H54N2O3. The minimum absolute atomic E-state index is 0.112. The summed E-state index contributed by atoms with van der Waals surface area (Å²) < 4.78 is 21.5. The van der Waals surface area contributed by atoms with E-state index in [-0.39, 0.29) is 10.8 Å². The Morgan fingerprint density at radius 1 is 0.268 bits per heavy atom. The standard InChI is InChI=1S/C66H54N2O3/c1-39-21-9-15-33-53(39)67(55-35-19-29-47-45-27-17-31-51(65(3,4)5)61(45)70-63(47)55)57-37-49-50-38-58(42-24-12-14-26-44(42)60(50)69-59(49)43-25-13-11-23-41(43)57)68(54-34-16-10-22-40(54)2)56-36-20-30-48-46-28-18-32-52(66(6,7)8)62(46)71-64(48)56/h9-38H,1-8H3. The van der Waals surface area contributed by atoms with Crippen LogP contribution in [0.3, 0.4) is 0 Å². The van der Waals surface area contributed by atoms with Crippen molar-refractivity contribution in [2.45, 2.75) is 66.2 Å². The maximum Gasteiger partial charge on any atom is 0.159 e. The first-order chi connectivity index (χ1) is 34.3. The minimum Gasteiger partial charge on any atom is -0.455 e. The highest BCUT2D eigenvalue weighted by molar-refractivity contribution is 6.26. The molecule has 5 nitrogen and oxygen atoms in total. The number of fused-ring (bicyclic) bond motifs is 13. The molecule has 0 radical (unpaired) electrons. The van der Waals surface area contributed by atoms with Gasteiger partial charge in [-0.2, -0.15) is 0 Å². The van der Waals surface area contributed by atoms with Gasteiger partial charge in [-0.05, 0) is 72.2 Å². The summed E-state index contributed by atoms with van der Waals surface area (Å²) in [6.07, 6.45) is 0. The normalized spacial score (nSPS) is 12.5. The molecule has 13 rings (SSSR count). The maximum absolute atomic E-state index is 7.25. The number of hydrogen-bond donors (Lipinski definition) is 0. The first kappa shape index (κ1) is 42.8. The Labute approximate surface area is 413 Å². The monoisotopic (exact) mass is 922 g/mol. The predicted octanol–water partition coefficient (Wildman–Crippen LogP) is 19.8. The molecule has 0 saturated heterocycles. The van der Waals surface area contributed by atoms with Crippen LogP contribution in [0.15, 0.2) is 195 Å². The Bertz CT molecular complexity index is 4030. The van der Waals surface area contributed by atoms with Crippen LogP contribution < -0.4 is 9.80 Å². The summed E-state index contributed by atoms with van der Waals surface area (Å²) in [7, 11) is 0. The highest BCUT2D eigenvalue weighted by atomic mass is 16.3. The molecule has 0 bridgehead atoms. The lowest BCUT2D eigenvalue weighted by Gasteiger charge is -2.29. The third-order valence-electron chi connectivity index (χ3n) is 14.7. The second kappa shape index (κ2) is 15.6. The number of rotatable bonds is 6. The lowest BCUT2D eigenvalue weighted by Crippen LogP contribution is -2.12. The van der Waals surface area contributed by atoms with E-state index in [0.717, 1.165) is 133 Å². The molecule has 10 aromatic carbocycles. The molecule has 0 N–H and O–H groups in total. The van der Waals surface area contributed by atoms with Gasteiger partial charge in [0.1, 0.15) is 22.3 Å². The van der Waals surface area contributed by atoms with Gasteiger partial charge in [-0.25, -0.2) is 0 Å². The molecule has 0 atom stereocenters. The number of benzene rings is 10. The summed E-state index contributed by atoms with van der Waals surface area (Å²) in [4.78, 5) is 4.82. The average molecular weight is 923 g/mol. The highest BCUT2D eigenvalue weighted by Crippen LogP contribution is 2.52. The topological polar surface area (TPSA) is 45.9 Å². The Hall–Kier alpha value is -8.28. The van der Waals surface area contributed by atoms with Gasteiger partial charge in [0, 0.05) is 76.4 Å². The van der Waals surface area contributed by atoms with E-state index in [4.69, 9.17) is 13.3 Å². The van der Waals surface area contributed by atoms with Crippen molar-refractivity contribution in [3.05, 3.63) is 204 Å². The molecule has 0 aliphatic heterocycles. The Balaban J connectivity index is 1.13. The van der Waals surface area contributed by atoms with Gasteiger partial charge in [-0.1, -0.05) is 187 Å². The SMILES string of the molecule is Cc1ccccc1N(c1cc2c3cc(N(c4ccccc4C)c4cccc5c4oc4c(C(C)(C)C)cccc45)c4ccccc4c3oc2c2ccccc12)c1cccc2c1oc1c(C(C)(C)C)cccc12. The molecule has 71 heavy (non-hydrogen) atoms. The van der Waals surface area contributed by atoms with Crippen LogP contribution in [0.1, 0.15) is 63.8 Å². The van der Waals surface area contributed by atoms with Crippen molar-refractivity contribution in [3.8, 4) is 0 Å². The molecule has 346 valence electrons. The van der Waals surface area contributed by atoms with Crippen molar-refractivity contribution in [3.63, 3.8) is 0 Å². The van der Waals surface area contributed by atoms with Crippen LogP contribution in [0, 0.1) is 13.8 Å². The van der Waals surface area contributed by atoms with E-state index in [1.807, 2.05) is 0 Å². The first-order valence-corrected chi connectivity index (χ1v) is 24.8. The molecule has 0 fully saturated rings. The molecule has 13 aromatic rings. The van der Waals surface area contributed by atoms with E-state index in [2.05, 4.69) is 247 Å². The summed E-state index contributed by atoms with van der Waals surface area (Å²) in [5.41, 5.74) is 15.8. The van der Waals surface area contributed by atoms with Crippen LogP contribution in [0.2, 0.25) is 0 Å². The van der Waals surface area contributed by atoms with Crippen molar-refractivity contribution >= 4 is 121 Å². The second-order valence-corrected chi connectivity index (χ2v) is 21.4. The van der Waals surface area contributed by atoms with E-state index in [1.165, 1.54) is 11.1 Å². The first-order valence-electron chi connectivity index (χ1n) is 24.8. The number of nitrogens with zero attached hydrogens (tertiary/aromatic N) is 2. The van der Waals surface area contributed by atoms with E-state index in [1.54, 1.807) is 0 Å². The molecule has 0 aliphatic carbocycles. The molecule has 3 aromatic heterocycles. The Morgan fingerprint density at radius 3 is 0.958 bits per heavy atom. The maximum atomic E-state index is 7.25. The van der Waals surface area contributed by atoms with Crippen LogP contribution >= 0.6 is 0 Å².